The fourth-order valence-corrected chi connectivity index (χ4v) is 3.15. The van der Waals surface area contributed by atoms with E-state index in [4.69, 9.17) is 4.74 Å². The lowest BCUT2D eigenvalue weighted by Gasteiger charge is -2.12. The number of anilines is 1. The van der Waals surface area contributed by atoms with E-state index in [0.29, 0.717) is 30.1 Å². The zero-order valence-corrected chi connectivity index (χ0v) is 14.9. The minimum Gasteiger partial charge on any atom is -0.364 e. The van der Waals surface area contributed by atoms with Crippen LogP contribution in [0.1, 0.15) is 24.6 Å². The van der Waals surface area contributed by atoms with Crippen LogP contribution in [-0.2, 0) is 11.3 Å². The van der Waals surface area contributed by atoms with Crippen molar-refractivity contribution in [2.75, 3.05) is 11.9 Å². The number of ether oxygens (including phenoxy) is 1. The van der Waals surface area contributed by atoms with Crippen molar-refractivity contribution in [3.63, 3.8) is 0 Å². The summed E-state index contributed by atoms with van der Waals surface area (Å²) in [6.45, 7) is 1.24. The topological polar surface area (TPSA) is 64.9 Å². The van der Waals surface area contributed by atoms with Crippen LogP contribution >= 0.6 is 22.6 Å². The van der Waals surface area contributed by atoms with Crippen LogP contribution in [0.4, 0.5) is 10.2 Å². The standard InChI is InChI=1S/C16H15FIN5O/c17-16-21-14(19-8-10-3-5-11(18)6-4-10)13-15(22-16)23(9-20-13)12-2-1-7-24-12/h3-6,9,12H,1-2,7-8H2,(H,19,21,22). The van der Waals surface area contributed by atoms with Crippen LogP contribution in [0, 0.1) is 9.65 Å². The van der Waals surface area contributed by atoms with Gasteiger partial charge in [-0.2, -0.15) is 14.4 Å². The molecule has 0 aliphatic carbocycles. The molecule has 0 radical (unpaired) electrons. The molecule has 3 heterocycles. The van der Waals surface area contributed by atoms with Gasteiger partial charge in [0.2, 0.25) is 0 Å². The van der Waals surface area contributed by atoms with Crippen LogP contribution in [0.2, 0.25) is 0 Å². The van der Waals surface area contributed by atoms with Crippen LogP contribution in [0.15, 0.2) is 30.6 Å². The van der Waals surface area contributed by atoms with E-state index in [0.717, 1.165) is 18.4 Å². The maximum atomic E-state index is 13.9. The van der Waals surface area contributed by atoms with E-state index in [1.54, 1.807) is 10.9 Å². The summed E-state index contributed by atoms with van der Waals surface area (Å²) in [5.41, 5.74) is 2.10. The van der Waals surface area contributed by atoms with Gasteiger partial charge in [-0.3, -0.25) is 4.57 Å². The second-order valence-electron chi connectivity index (χ2n) is 5.61. The maximum Gasteiger partial charge on any atom is 0.312 e. The number of rotatable bonds is 4. The zero-order chi connectivity index (χ0) is 16.5. The summed E-state index contributed by atoms with van der Waals surface area (Å²) >= 11 is 2.26. The fraction of sp³-hybridized carbons (Fsp3) is 0.312. The third-order valence-corrected chi connectivity index (χ3v) is 4.70. The molecule has 1 unspecified atom stereocenters. The largest absolute Gasteiger partial charge is 0.364 e. The molecule has 1 saturated heterocycles. The summed E-state index contributed by atoms with van der Waals surface area (Å²) in [5.74, 6) is 0.396. The number of halogens is 2. The lowest BCUT2D eigenvalue weighted by atomic mass is 10.2. The van der Waals surface area contributed by atoms with Crippen molar-refractivity contribution < 1.29 is 9.13 Å². The van der Waals surface area contributed by atoms with Crippen LogP contribution in [-0.4, -0.2) is 26.1 Å². The van der Waals surface area contributed by atoms with Crippen molar-refractivity contribution in [2.24, 2.45) is 0 Å². The van der Waals surface area contributed by atoms with Crippen LogP contribution in [0.5, 0.6) is 0 Å². The first kappa shape index (κ1) is 15.7. The van der Waals surface area contributed by atoms with E-state index in [1.165, 1.54) is 3.57 Å². The minimum absolute atomic E-state index is 0.131. The van der Waals surface area contributed by atoms with E-state index in [2.05, 4.69) is 42.9 Å². The molecular formula is C16H15FIN5O. The summed E-state index contributed by atoms with van der Waals surface area (Å²) in [4.78, 5) is 12.1. The number of aromatic nitrogens is 4. The number of hydrogen-bond donors (Lipinski definition) is 1. The molecule has 8 heteroatoms. The molecule has 0 spiro atoms. The number of benzene rings is 1. The number of fused-ring (bicyclic) bond motifs is 1. The lowest BCUT2D eigenvalue weighted by Crippen LogP contribution is -2.09. The number of hydrogen-bond acceptors (Lipinski definition) is 5. The average molecular weight is 439 g/mol. The van der Waals surface area contributed by atoms with Crippen LogP contribution in [0.3, 0.4) is 0 Å². The van der Waals surface area contributed by atoms with Gasteiger partial charge in [0.15, 0.2) is 17.0 Å². The lowest BCUT2D eigenvalue weighted by molar-refractivity contribution is 0.0592. The van der Waals surface area contributed by atoms with Gasteiger partial charge in [0.25, 0.3) is 0 Å². The summed E-state index contributed by atoms with van der Waals surface area (Å²) in [6, 6.07) is 8.10. The Balaban J connectivity index is 1.63. The minimum atomic E-state index is -0.771. The summed E-state index contributed by atoms with van der Waals surface area (Å²) in [6.07, 6.45) is 2.60. The molecule has 1 aliphatic rings. The average Bonchev–Trinajstić information content (AvgIpc) is 3.22. The van der Waals surface area contributed by atoms with Crippen molar-refractivity contribution in [1.29, 1.82) is 0 Å². The van der Waals surface area contributed by atoms with E-state index in [-0.39, 0.29) is 6.23 Å². The van der Waals surface area contributed by atoms with Gasteiger partial charge in [0, 0.05) is 16.7 Å². The van der Waals surface area contributed by atoms with E-state index < -0.39 is 6.08 Å². The highest BCUT2D eigenvalue weighted by molar-refractivity contribution is 14.1. The molecule has 1 N–H and O–H groups in total. The van der Waals surface area contributed by atoms with E-state index >= 15 is 0 Å². The smallest absolute Gasteiger partial charge is 0.312 e. The van der Waals surface area contributed by atoms with Gasteiger partial charge >= 0.3 is 6.08 Å². The van der Waals surface area contributed by atoms with E-state index in [1.807, 2.05) is 24.3 Å². The Bertz CT molecular complexity index is 861. The first-order valence-electron chi connectivity index (χ1n) is 7.71. The van der Waals surface area contributed by atoms with Crippen molar-refractivity contribution in [1.82, 2.24) is 19.5 Å². The normalized spacial score (nSPS) is 17.5. The molecule has 6 nitrogen and oxygen atoms in total. The van der Waals surface area contributed by atoms with Gasteiger partial charge in [0.1, 0.15) is 6.23 Å². The second-order valence-corrected chi connectivity index (χ2v) is 6.86. The highest BCUT2D eigenvalue weighted by atomic mass is 127. The molecule has 3 aromatic rings. The highest BCUT2D eigenvalue weighted by Gasteiger charge is 2.22. The Hall–Kier alpha value is -1.81. The van der Waals surface area contributed by atoms with Crippen LogP contribution in [0.25, 0.3) is 11.2 Å². The molecule has 1 aliphatic heterocycles. The molecule has 4 rings (SSSR count). The fourth-order valence-electron chi connectivity index (χ4n) is 2.79. The predicted molar refractivity (Wildman–Crippen MR) is 96.0 cm³/mol. The predicted octanol–water partition coefficient (Wildman–Crippen LogP) is 3.49. The van der Waals surface area contributed by atoms with Gasteiger partial charge in [-0.1, -0.05) is 12.1 Å². The summed E-state index contributed by atoms with van der Waals surface area (Å²) in [5, 5.41) is 3.16. The second kappa shape index (κ2) is 6.60. The number of nitrogens with one attached hydrogen (secondary N) is 1. The Morgan fingerprint density at radius 2 is 2.12 bits per heavy atom. The zero-order valence-electron chi connectivity index (χ0n) is 12.7. The van der Waals surface area contributed by atoms with Crippen LogP contribution < -0.4 is 5.32 Å². The SMILES string of the molecule is Fc1nc(NCc2ccc(I)cc2)c2ncn(C3CCCO3)c2n1. The van der Waals surface area contributed by atoms with Gasteiger partial charge < -0.3 is 10.1 Å². The number of nitrogens with zero attached hydrogens (tertiary/aromatic N) is 4. The first-order valence-corrected chi connectivity index (χ1v) is 8.78. The molecule has 24 heavy (non-hydrogen) atoms. The molecule has 1 aromatic carbocycles. The quantitative estimate of drug-likeness (QED) is 0.498. The highest BCUT2D eigenvalue weighted by Crippen LogP contribution is 2.28. The summed E-state index contributed by atoms with van der Waals surface area (Å²) in [7, 11) is 0. The van der Waals surface area contributed by atoms with Gasteiger partial charge in [-0.25, -0.2) is 4.98 Å². The molecule has 0 saturated carbocycles. The Kier molecular flexibility index (Phi) is 4.31. The molecular weight excluding hydrogens is 424 g/mol. The van der Waals surface area contributed by atoms with Crippen molar-refractivity contribution >= 4 is 39.6 Å². The molecule has 1 fully saturated rings. The third kappa shape index (κ3) is 3.07. The van der Waals surface area contributed by atoms with E-state index in [9.17, 15) is 4.39 Å². The van der Waals surface area contributed by atoms with Crippen molar-refractivity contribution in [2.45, 2.75) is 25.6 Å². The van der Waals surface area contributed by atoms with Crippen molar-refractivity contribution in [3.8, 4) is 0 Å². The monoisotopic (exact) mass is 439 g/mol. The molecule has 0 amide bonds. The van der Waals surface area contributed by atoms with Gasteiger partial charge in [0.05, 0.1) is 6.33 Å². The molecule has 1 atom stereocenters. The summed E-state index contributed by atoms with van der Waals surface area (Å²) < 4.78 is 22.5. The Labute approximate surface area is 151 Å². The molecule has 124 valence electrons. The Morgan fingerprint density at radius 3 is 2.88 bits per heavy atom. The third-order valence-electron chi connectivity index (χ3n) is 3.98. The molecule has 2 aromatic heterocycles. The Morgan fingerprint density at radius 1 is 1.29 bits per heavy atom. The maximum absolute atomic E-state index is 13.9. The number of imidazole rings is 1. The van der Waals surface area contributed by atoms with Gasteiger partial charge in [-0.15, -0.1) is 0 Å². The van der Waals surface area contributed by atoms with Gasteiger partial charge in [-0.05, 0) is 53.1 Å². The first-order chi connectivity index (χ1) is 11.7. The van der Waals surface area contributed by atoms with Crippen molar-refractivity contribution in [3.05, 3.63) is 45.8 Å². The molecule has 0 bridgehead atoms.